The molecule has 124 valence electrons. The van der Waals surface area contributed by atoms with E-state index < -0.39 is 0 Å². The van der Waals surface area contributed by atoms with Crippen LogP contribution in [0.25, 0.3) is 5.69 Å². The van der Waals surface area contributed by atoms with Gasteiger partial charge in [0.2, 0.25) is 0 Å². The van der Waals surface area contributed by atoms with Crippen LogP contribution >= 0.6 is 11.3 Å². The minimum absolute atomic E-state index is 0.244. The van der Waals surface area contributed by atoms with E-state index in [9.17, 15) is 4.79 Å². The van der Waals surface area contributed by atoms with Crippen molar-refractivity contribution in [2.45, 2.75) is 20.5 Å². The van der Waals surface area contributed by atoms with Gasteiger partial charge < -0.3 is 4.84 Å². The lowest BCUT2D eigenvalue weighted by atomic mass is 10.1. The van der Waals surface area contributed by atoms with E-state index in [1.807, 2.05) is 49.6 Å². The van der Waals surface area contributed by atoms with Crippen LogP contribution in [0.15, 0.2) is 45.7 Å². The molecule has 0 radical (unpaired) electrons. The Morgan fingerprint density at radius 2 is 2.12 bits per heavy atom. The number of rotatable bonds is 5. The van der Waals surface area contributed by atoms with Crippen LogP contribution in [0.3, 0.4) is 0 Å². The van der Waals surface area contributed by atoms with Crippen molar-refractivity contribution < 1.29 is 4.84 Å². The molecule has 2 aromatic heterocycles. The van der Waals surface area contributed by atoms with E-state index in [1.165, 1.54) is 9.36 Å². The predicted molar refractivity (Wildman–Crippen MR) is 92.7 cm³/mol. The molecular weight excluding hydrogens is 326 g/mol. The lowest BCUT2D eigenvalue weighted by molar-refractivity contribution is 0.130. The molecule has 0 fully saturated rings. The van der Waals surface area contributed by atoms with Gasteiger partial charge in [-0.3, -0.25) is 0 Å². The number of hydrogen-bond acceptors (Lipinski definition) is 6. The average Bonchev–Trinajstić information content (AvgIpc) is 3.20. The molecule has 0 aliphatic heterocycles. The van der Waals surface area contributed by atoms with Gasteiger partial charge in [-0.05, 0) is 47.4 Å². The Labute approximate surface area is 142 Å². The van der Waals surface area contributed by atoms with Crippen molar-refractivity contribution in [1.29, 1.82) is 0 Å². The second kappa shape index (κ2) is 6.79. The lowest BCUT2D eigenvalue weighted by Gasteiger charge is -2.10. The Hall–Kier alpha value is -2.74. The van der Waals surface area contributed by atoms with E-state index in [0.29, 0.717) is 5.69 Å². The van der Waals surface area contributed by atoms with Crippen LogP contribution in [-0.4, -0.2) is 25.5 Å². The summed E-state index contributed by atoms with van der Waals surface area (Å²) in [6.45, 7) is 4.10. The normalized spacial score (nSPS) is 11.7. The van der Waals surface area contributed by atoms with Crippen molar-refractivity contribution in [1.82, 2.24) is 19.8 Å². The Morgan fingerprint density at radius 3 is 2.79 bits per heavy atom. The molecule has 0 N–H and O–H groups in total. The van der Waals surface area contributed by atoms with Crippen molar-refractivity contribution in [3.63, 3.8) is 0 Å². The number of hydrogen-bond donors (Lipinski definition) is 0. The Kier molecular flexibility index (Phi) is 4.57. The van der Waals surface area contributed by atoms with Gasteiger partial charge in [0.05, 0.1) is 16.3 Å². The maximum atomic E-state index is 12.1. The second-order valence-electron chi connectivity index (χ2n) is 5.30. The SMILES string of the molecule is CC(=NOCc1c(C)cccc1-n1nnn(C)c1=O)c1cccs1. The molecule has 0 aliphatic carbocycles. The highest BCUT2D eigenvalue weighted by molar-refractivity contribution is 7.12. The van der Waals surface area contributed by atoms with Gasteiger partial charge in [0.15, 0.2) is 0 Å². The molecule has 8 heteroatoms. The summed E-state index contributed by atoms with van der Waals surface area (Å²) in [6, 6.07) is 9.61. The highest BCUT2D eigenvalue weighted by atomic mass is 32.1. The molecule has 24 heavy (non-hydrogen) atoms. The molecule has 0 spiro atoms. The largest absolute Gasteiger partial charge is 0.391 e. The summed E-state index contributed by atoms with van der Waals surface area (Å²) in [4.78, 5) is 18.7. The van der Waals surface area contributed by atoms with E-state index >= 15 is 0 Å². The number of thiophene rings is 1. The van der Waals surface area contributed by atoms with Gasteiger partial charge in [-0.25, -0.2) is 4.79 Å². The van der Waals surface area contributed by atoms with Crippen molar-refractivity contribution in [2.75, 3.05) is 0 Å². The third-order valence-corrected chi connectivity index (χ3v) is 4.60. The third-order valence-electron chi connectivity index (χ3n) is 3.62. The van der Waals surface area contributed by atoms with Gasteiger partial charge in [-0.15, -0.1) is 11.3 Å². The zero-order valence-electron chi connectivity index (χ0n) is 13.6. The fraction of sp³-hybridized carbons (Fsp3) is 0.250. The quantitative estimate of drug-likeness (QED) is 0.526. The van der Waals surface area contributed by atoms with Crippen LogP contribution in [0, 0.1) is 6.92 Å². The molecule has 7 nitrogen and oxygen atoms in total. The van der Waals surface area contributed by atoms with E-state index in [2.05, 4.69) is 15.6 Å². The fourth-order valence-electron chi connectivity index (χ4n) is 2.26. The highest BCUT2D eigenvalue weighted by Crippen LogP contribution is 2.18. The molecule has 0 saturated heterocycles. The average molecular weight is 343 g/mol. The van der Waals surface area contributed by atoms with Crippen molar-refractivity contribution >= 4 is 17.0 Å². The molecule has 3 aromatic rings. The molecule has 1 aromatic carbocycles. The van der Waals surface area contributed by atoms with Crippen LogP contribution in [-0.2, 0) is 18.5 Å². The summed E-state index contributed by atoms with van der Waals surface area (Å²) < 4.78 is 2.45. The van der Waals surface area contributed by atoms with E-state index in [1.54, 1.807) is 18.4 Å². The minimum Gasteiger partial charge on any atom is -0.391 e. The third kappa shape index (κ3) is 3.13. The molecule has 0 unspecified atom stereocenters. The molecule has 0 aliphatic rings. The molecular formula is C16H17N5O2S. The van der Waals surface area contributed by atoms with Gasteiger partial charge in [0.1, 0.15) is 6.61 Å². The van der Waals surface area contributed by atoms with Crippen LogP contribution < -0.4 is 5.69 Å². The molecule has 0 amide bonds. The smallest absolute Gasteiger partial charge is 0.368 e. The topological polar surface area (TPSA) is 74.3 Å². The summed E-state index contributed by atoms with van der Waals surface area (Å²) >= 11 is 1.61. The molecule has 0 atom stereocenters. The van der Waals surface area contributed by atoms with Gasteiger partial charge in [0, 0.05) is 12.6 Å². The maximum Gasteiger partial charge on any atom is 0.368 e. The number of oxime groups is 1. The van der Waals surface area contributed by atoms with Gasteiger partial charge >= 0.3 is 5.69 Å². The lowest BCUT2D eigenvalue weighted by Crippen LogP contribution is -2.23. The van der Waals surface area contributed by atoms with Crippen molar-refractivity contribution in [2.24, 2.45) is 12.2 Å². The zero-order valence-corrected chi connectivity index (χ0v) is 14.4. The van der Waals surface area contributed by atoms with Gasteiger partial charge in [-0.2, -0.15) is 9.36 Å². The van der Waals surface area contributed by atoms with Crippen molar-refractivity contribution in [3.8, 4) is 5.69 Å². The first kappa shape index (κ1) is 16.1. The molecule has 0 bridgehead atoms. The number of aryl methyl sites for hydroxylation is 2. The fourth-order valence-corrected chi connectivity index (χ4v) is 2.93. The number of tetrazole rings is 1. The van der Waals surface area contributed by atoms with Crippen LogP contribution in [0.4, 0.5) is 0 Å². The van der Waals surface area contributed by atoms with Crippen molar-refractivity contribution in [3.05, 3.63) is 62.2 Å². The minimum atomic E-state index is -0.305. The zero-order chi connectivity index (χ0) is 17.1. The van der Waals surface area contributed by atoms with Crippen LogP contribution in [0.2, 0.25) is 0 Å². The van der Waals surface area contributed by atoms with Crippen LogP contribution in [0.5, 0.6) is 0 Å². The molecule has 2 heterocycles. The Bertz CT molecular complexity index is 924. The van der Waals surface area contributed by atoms with Gasteiger partial charge in [0.25, 0.3) is 0 Å². The number of benzene rings is 1. The predicted octanol–water partition coefficient (Wildman–Crippen LogP) is 2.28. The maximum absolute atomic E-state index is 12.1. The first-order chi connectivity index (χ1) is 11.6. The van der Waals surface area contributed by atoms with E-state index in [4.69, 9.17) is 4.84 Å². The summed E-state index contributed by atoms with van der Waals surface area (Å²) in [5, 5.41) is 13.8. The summed E-state index contributed by atoms with van der Waals surface area (Å²) in [5.74, 6) is 0. The Morgan fingerprint density at radius 1 is 1.29 bits per heavy atom. The first-order valence-electron chi connectivity index (χ1n) is 7.36. The summed E-state index contributed by atoms with van der Waals surface area (Å²) in [5.41, 5.74) is 3.01. The Balaban J connectivity index is 1.87. The second-order valence-corrected chi connectivity index (χ2v) is 6.24. The number of nitrogens with zero attached hydrogens (tertiary/aromatic N) is 5. The van der Waals surface area contributed by atoms with Crippen LogP contribution in [0.1, 0.15) is 22.9 Å². The molecule has 3 rings (SSSR count). The monoisotopic (exact) mass is 343 g/mol. The summed E-state index contributed by atoms with van der Waals surface area (Å²) in [7, 11) is 1.56. The number of aromatic nitrogens is 4. The standard InChI is InChI=1S/C16H17N5O2S/c1-11-6-4-7-14(21-16(22)20(3)18-19-21)13(11)10-23-17-12(2)15-8-5-9-24-15/h4-9H,10H2,1-3H3. The highest BCUT2D eigenvalue weighted by Gasteiger charge is 2.13. The van der Waals surface area contributed by atoms with E-state index in [0.717, 1.165) is 21.7 Å². The van der Waals surface area contributed by atoms with E-state index in [-0.39, 0.29) is 12.3 Å². The summed E-state index contributed by atoms with van der Waals surface area (Å²) in [6.07, 6.45) is 0. The van der Waals surface area contributed by atoms with Gasteiger partial charge in [-0.1, -0.05) is 23.4 Å². The first-order valence-corrected chi connectivity index (χ1v) is 8.24. The molecule has 0 saturated carbocycles.